The largest absolute Gasteiger partial charge is 0.493 e. The summed E-state index contributed by atoms with van der Waals surface area (Å²) in [6.45, 7) is 2.38. The van der Waals surface area contributed by atoms with Gasteiger partial charge in [0.25, 0.3) is 0 Å². The van der Waals surface area contributed by atoms with Crippen molar-refractivity contribution in [3.63, 3.8) is 0 Å². The van der Waals surface area contributed by atoms with Crippen molar-refractivity contribution in [3.05, 3.63) is 30.0 Å². The SMILES string of the molecule is CCOc1ccccc1-c1sc(N)nc1C(=O)O. The van der Waals surface area contributed by atoms with Crippen molar-refractivity contribution in [1.29, 1.82) is 0 Å². The number of anilines is 1. The van der Waals surface area contributed by atoms with Crippen LogP contribution in [0, 0.1) is 0 Å². The van der Waals surface area contributed by atoms with Gasteiger partial charge < -0.3 is 15.6 Å². The molecule has 0 aliphatic heterocycles. The number of aromatic carboxylic acids is 1. The van der Waals surface area contributed by atoms with E-state index in [0.29, 0.717) is 22.8 Å². The Hall–Kier alpha value is -2.08. The molecule has 1 heterocycles. The summed E-state index contributed by atoms with van der Waals surface area (Å²) in [6.07, 6.45) is 0. The molecule has 2 aromatic rings. The maximum Gasteiger partial charge on any atom is 0.356 e. The van der Waals surface area contributed by atoms with Gasteiger partial charge in [-0.1, -0.05) is 23.5 Å². The average molecular weight is 264 g/mol. The number of nitrogen functional groups attached to an aromatic ring is 1. The number of aromatic nitrogens is 1. The Bertz CT molecular complexity index is 580. The molecule has 0 amide bonds. The van der Waals surface area contributed by atoms with Crippen LogP contribution in [-0.2, 0) is 0 Å². The minimum absolute atomic E-state index is 0.0374. The quantitative estimate of drug-likeness (QED) is 0.886. The number of hydrogen-bond acceptors (Lipinski definition) is 5. The number of thiazole rings is 1. The molecule has 0 bridgehead atoms. The lowest BCUT2D eigenvalue weighted by Crippen LogP contribution is -2.00. The number of carboxylic acid groups (broad SMARTS) is 1. The molecule has 94 valence electrons. The highest BCUT2D eigenvalue weighted by Crippen LogP contribution is 2.37. The second kappa shape index (κ2) is 5.05. The normalized spacial score (nSPS) is 10.3. The molecule has 0 unspecified atom stereocenters. The van der Waals surface area contributed by atoms with Gasteiger partial charge >= 0.3 is 5.97 Å². The topological polar surface area (TPSA) is 85.4 Å². The van der Waals surface area contributed by atoms with E-state index < -0.39 is 5.97 Å². The monoisotopic (exact) mass is 264 g/mol. The highest BCUT2D eigenvalue weighted by molar-refractivity contribution is 7.19. The summed E-state index contributed by atoms with van der Waals surface area (Å²) in [6, 6.07) is 7.24. The molecule has 3 N–H and O–H groups in total. The van der Waals surface area contributed by atoms with Crippen LogP contribution in [0.15, 0.2) is 24.3 Å². The van der Waals surface area contributed by atoms with Crippen molar-refractivity contribution in [2.24, 2.45) is 0 Å². The number of benzene rings is 1. The molecule has 0 aliphatic rings. The maximum atomic E-state index is 11.1. The van der Waals surface area contributed by atoms with Crippen LogP contribution in [0.3, 0.4) is 0 Å². The highest BCUT2D eigenvalue weighted by atomic mass is 32.1. The third kappa shape index (κ3) is 2.28. The Morgan fingerprint density at radius 3 is 2.89 bits per heavy atom. The molecule has 0 atom stereocenters. The Kier molecular flexibility index (Phi) is 3.47. The lowest BCUT2D eigenvalue weighted by atomic mass is 10.1. The van der Waals surface area contributed by atoms with Gasteiger partial charge in [-0.2, -0.15) is 0 Å². The maximum absolute atomic E-state index is 11.1. The first-order chi connectivity index (χ1) is 8.63. The summed E-state index contributed by atoms with van der Waals surface area (Å²) in [5.41, 5.74) is 6.24. The Morgan fingerprint density at radius 2 is 2.22 bits per heavy atom. The van der Waals surface area contributed by atoms with Gasteiger partial charge in [-0.25, -0.2) is 9.78 Å². The summed E-state index contributed by atoms with van der Waals surface area (Å²) in [5, 5.41) is 9.34. The fourth-order valence-electron chi connectivity index (χ4n) is 1.60. The summed E-state index contributed by atoms with van der Waals surface area (Å²) >= 11 is 1.14. The Labute approximate surface area is 108 Å². The van der Waals surface area contributed by atoms with Gasteiger partial charge in [0.15, 0.2) is 10.8 Å². The molecule has 0 aliphatic carbocycles. The Balaban J connectivity index is 2.58. The lowest BCUT2D eigenvalue weighted by molar-refractivity contribution is 0.0692. The predicted octanol–water partition coefficient (Wildman–Crippen LogP) is 2.49. The first-order valence-corrected chi connectivity index (χ1v) is 6.17. The summed E-state index contributed by atoms with van der Waals surface area (Å²) in [7, 11) is 0. The zero-order valence-corrected chi connectivity index (χ0v) is 10.5. The van der Waals surface area contributed by atoms with Gasteiger partial charge in [-0.15, -0.1) is 0 Å². The van der Waals surface area contributed by atoms with Gasteiger partial charge in [-0.05, 0) is 19.1 Å². The second-order valence-electron chi connectivity index (χ2n) is 3.46. The van der Waals surface area contributed by atoms with Crippen LogP contribution in [0.4, 0.5) is 5.13 Å². The number of nitrogens with zero attached hydrogens (tertiary/aromatic N) is 1. The van der Waals surface area contributed by atoms with Gasteiger partial charge in [-0.3, -0.25) is 0 Å². The first-order valence-electron chi connectivity index (χ1n) is 5.35. The smallest absolute Gasteiger partial charge is 0.356 e. The lowest BCUT2D eigenvalue weighted by Gasteiger charge is -2.08. The van der Waals surface area contributed by atoms with E-state index in [0.717, 1.165) is 11.3 Å². The third-order valence-electron chi connectivity index (χ3n) is 2.28. The van der Waals surface area contributed by atoms with E-state index in [4.69, 9.17) is 15.6 Å². The fraction of sp³-hybridized carbons (Fsp3) is 0.167. The molecule has 0 radical (unpaired) electrons. The van der Waals surface area contributed by atoms with Crippen molar-refractivity contribution in [2.75, 3.05) is 12.3 Å². The van der Waals surface area contributed by atoms with Crippen LogP contribution in [-0.4, -0.2) is 22.7 Å². The van der Waals surface area contributed by atoms with Crippen LogP contribution < -0.4 is 10.5 Å². The van der Waals surface area contributed by atoms with Crippen LogP contribution in [0.2, 0.25) is 0 Å². The van der Waals surface area contributed by atoms with E-state index in [2.05, 4.69) is 4.98 Å². The molecular formula is C12H12N2O3S. The van der Waals surface area contributed by atoms with E-state index in [1.165, 1.54) is 0 Å². The highest BCUT2D eigenvalue weighted by Gasteiger charge is 2.20. The van der Waals surface area contributed by atoms with Crippen molar-refractivity contribution in [3.8, 4) is 16.2 Å². The van der Waals surface area contributed by atoms with Gasteiger partial charge in [0, 0.05) is 5.56 Å². The standard InChI is InChI=1S/C12H12N2O3S/c1-2-17-8-6-4-3-5-7(8)10-9(11(15)16)14-12(13)18-10/h3-6H,2H2,1H3,(H2,13,14)(H,15,16). The van der Waals surface area contributed by atoms with E-state index in [1.54, 1.807) is 12.1 Å². The van der Waals surface area contributed by atoms with Crippen LogP contribution in [0.5, 0.6) is 5.75 Å². The number of carboxylic acids is 1. The number of hydrogen-bond donors (Lipinski definition) is 2. The molecule has 5 nitrogen and oxygen atoms in total. The minimum atomic E-state index is -1.09. The average Bonchev–Trinajstić information content (AvgIpc) is 2.72. The van der Waals surface area contributed by atoms with Gasteiger partial charge in [0.1, 0.15) is 5.75 Å². The van der Waals surface area contributed by atoms with E-state index >= 15 is 0 Å². The molecule has 0 fully saturated rings. The third-order valence-corrected chi connectivity index (χ3v) is 3.20. The van der Waals surface area contributed by atoms with E-state index in [-0.39, 0.29) is 10.8 Å². The predicted molar refractivity (Wildman–Crippen MR) is 70.1 cm³/mol. The van der Waals surface area contributed by atoms with Gasteiger partial charge in [0.2, 0.25) is 0 Å². The number of carbonyl (C=O) groups is 1. The van der Waals surface area contributed by atoms with Gasteiger partial charge in [0.05, 0.1) is 11.5 Å². The molecule has 6 heteroatoms. The molecule has 1 aromatic carbocycles. The minimum Gasteiger partial charge on any atom is -0.493 e. The fourth-order valence-corrected chi connectivity index (χ4v) is 2.45. The van der Waals surface area contributed by atoms with Crippen LogP contribution >= 0.6 is 11.3 Å². The zero-order valence-electron chi connectivity index (χ0n) is 9.71. The number of nitrogens with two attached hydrogens (primary N) is 1. The van der Waals surface area contributed by atoms with Crippen molar-refractivity contribution < 1.29 is 14.6 Å². The van der Waals surface area contributed by atoms with Crippen molar-refractivity contribution in [2.45, 2.75) is 6.92 Å². The number of ether oxygens (including phenoxy) is 1. The van der Waals surface area contributed by atoms with Crippen LogP contribution in [0.1, 0.15) is 17.4 Å². The second-order valence-corrected chi connectivity index (χ2v) is 4.49. The first kappa shape index (κ1) is 12.4. The molecule has 18 heavy (non-hydrogen) atoms. The molecule has 0 saturated heterocycles. The van der Waals surface area contributed by atoms with E-state index in [1.807, 2.05) is 19.1 Å². The van der Waals surface area contributed by atoms with Crippen molar-refractivity contribution >= 4 is 22.4 Å². The molecule has 0 spiro atoms. The zero-order chi connectivity index (χ0) is 13.1. The summed E-state index contributed by atoms with van der Waals surface area (Å²) in [5.74, 6) is -0.463. The molecule has 1 aromatic heterocycles. The summed E-state index contributed by atoms with van der Waals surface area (Å²) in [4.78, 5) is 15.5. The number of rotatable bonds is 4. The molecule has 2 rings (SSSR count). The van der Waals surface area contributed by atoms with Crippen molar-refractivity contribution in [1.82, 2.24) is 4.98 Å². The molecular weight excluding hydrogens is 252 g/mol. The Morgan fingerprint density at radius 1 is 1.50 bits per heavy atom. The molecule has 0 saturated carbocycles. The van der Waals surface area contributed by atoms with E-state index in [9.17, 15) is 4.79 Å². The number of para-hydroxylation sites is 1. The van der Waals surface area contributed by atoms with Crippen LogP contribution in [0.25, 0.3) is 10.4 Å². The summed E-state index contributed by atoms with van der Waals surface area (Å²) < 4.78 is 5.48.